The Morgan fingerprint density at radius 3 is 2.54 bits per heavy atom. The number of carbonyl (C=O) groups is 2. The Morgan fingerprint density at radius 2 is 1.78 bits per heavy atom. The quantitative estimate of drug-likeness (QED) is 0.230. The van der Waals surface area contributed by atoms with Gasteiger partial charge >= 0.3 is 5.97 Å². The average molecular weight is 663 g/mol. The summed E-state index contributed by atoms with van der Waals surface area (Å²) in [6.07, 6.45) is 3.91. The summed E-state index contributed by atoms with van der Waals surface area (Å²) in [5, 5.41) is 7.32. The zero-order valence-electron chi connectivity index (χ0n) is 25.7. The fraction of sp³-hybridized carbons (Fsp3) is 0.324. The SMILES string of the molecule is CCOC(=O)[C@H]1CCN([C@@H]2CCc3cc(-c4cccc(-c5cccc(NC(=O)c6ccnn(C)c6=O)c5Cl)c4Cl)nc(OC)c32)C1. The Kier molecular flexibility index (Phi) is 9.13. The fourth-order valence-electron chi connectivity index (χ4n) is 6.41. The van der Waals surface area contributed by atoms with Crippen molar-refractivity contribution in [2.24, 2.45) is 13.0 Å². The molecule has 3 heterocycles. The van der Waals surface area contributed by atoms with Crippen molar-refractivity contribution in [1.29, 1.82) is 0 Å². The van der Waals surface area contributed by atoms with Crippen LogP contribution >= 0.6 is 23.2 Å². The molecule has 1 fully saturated rings. The molecule has 238 valence electrons. The van der Waals surface area contributed by atoms with Crippen LogP contribution in [0.4, 0.5) is 5.69 Å². The highest BCUT2D eigenvalue weighted by Gasteiger charge is 2.38. The van der Waals surface area contributed by atoms with E-state index in [4.69, 9.17) is 37.7 Å². The van der Waals surface area contributed by atoms with E-state index in [1.165, 1.54) is 19.3 Å². The number of ether oxygens (including phenoxy) is 2. The van der Waals surface area contributed by atoms with E-state index in [0.717, 1.165) is 41.6 Å². The molecule has 0 bridgehead atoms. The van der Waals surface area contributed by atoms with E-state index in [1.807, 2.05) is 31.2 Å². The van der Waals surface area contributed by atoms with Crippen molar-refractivity contribution in [3.63, 3.8) is 0 Å². The predicted molar refractivity (Wildman–Crippen MR) is 176 cm³/mol. The molecule has 1 saturated heterocycles. The van der Waals surface area contributed by atoms with E-state index in [9.17, 15) is 14.4 Å². The first kappa shape index (κ1) is 31.7. The molecule has 0 unspecified atom stereocenters. The largest absolute Gasteiger partial charge is 0.481 e. The van der Waals surface area contributed by atoms with E-state index in [0.29, 0.717) is 52.1 Å². The van der Waals surface area contributed by atoms with Gasteiger partial charge in [0, 0.05) is 48.1 Å². The van der Waals surface area contributed by atoms with Gasteiger partial charge in [-0.2, -0.15) is 5.10 Å². The van der Waals surface area contributed by atoms with Gasteiger partial charge in [0.1, 0.15) is 5.56 Å². The number of carbonyl (C=O) groups excluding carboxylic acids is 2. The number of methoxy groups -OCH3 is 1. The first-order valence-electron chi connectivity index (χ1n) is 15.1. The highest BCUT2D eigenvalue weighted by Crippen LogP contribution is 2.46. The molecule has 2 aromatic carbocycles. The van der Waals surface area contributed by atoms with E-state index >= 15 is 0 Å². The van der Waals surface area contributed by atoms with E-state index < -0.39 is 11.5 Å². The fourth-order valence-corrected chi connectivity index (χ4v) is 7.01. The highest BCUT2D eigenvalue weighted by atomic mass is 35.5. The van der Waals surface area contributed by atoms with Crippen molar-refractivity contribution >= 4 is 40.8 Å². The third kappa shape index (κ3) is 5.88. The summed E-state index contributed by atoms with van der Waals surface area (Å²) in [4.78, 5) is 45.0. The van der Waals surface area contributed by atoms with Gasteiger partial charge in [0.15, 0.2) is 0 Å². The lowest BCUT2D eigenvalue weighted by Crippen LogP contribution is -2.28. The molecular formula is C34H33Cl2N5O5. The summed E-state index contributed by atoms with van der Waals surface area (Å²) in [5.41, 5.74) is 4.58. The second kappa shape index (κ2) is 13.2. The lowest BCUT2D eigenvalue weighted by atomic mass is 9.99. The number of hydrogen-bond donors (Lipinski definition) is 1. The van der Waals surface area contributed by atoms with Crippen molar-refractivity contribution in [3.8, 4) is 28.3 Å². The topological polar surface area (TPSA) is 116 Å². The van der Waals surface area contributed by atoms with Gasteiger partial charge in [-0.3, -0.25) is 19.3 Å². The summed E-state index contributed by atoms with van der Waals surface area (Å²) >= 11 is 13.9. The summed E-state index contributed by atoms with van der Waals surface area (Å²) in [6, 6.07) is 14.4. The molecule has 0 radical (unpaired) electrons. The van der Waals surface area contributed by atoms with Gasteiger partial charge in [0.25, 0.3) is 11.5 Å². The van der Waals surface area contributed by atoms with Gasteiger partial charge < -0.3 is 14.8 Å². The minimum Gasteiger partial charge on any atom is -0.481 e. The highest BCUT2D eigenvalue weighted by molar-refractivity contribution is 6.39. The summed E-state index contributed by atoms with van der Waals surface area (Å²) in [7, 11) is 3.09. The number of nitrogens with zero attached hydrogens (tertiary/aromatic N) is 4. The molecule has 1 aliphatic heterocycles. The second-order valence-electron chi connectivity index (χ2n) is 11.3. The minimum atomic E-state index is -0.597. The number of anilines is 1. The van der Waals surface area contributed by atoms with Crippen molar-refractivity contribution in [3.05, 3.63) is 91.8 Å². The Labute approximate surface area is 276 Å². The van der Waals surface area contributed by atoms with Crippen LogP contribution in [-0.4, -0.2) is 58.3 Å². The van der Waals surface area contributed by atoms with Gasteiger partial charge in [-0.25, -0.2) is 9.67 Å². The Bertz CT molecular complexity index is 1890. The number of hydrogen-bond acceptors (Lipinski definition) is 8. The van der Waals surface area contributed by atoms with Crippen LogP contribution in [0.25, 0.3) is 22.4 Å². The number of esters is 1. The Morgan fingerprint density at radius 1 is 1.04 bits per heavy atom. The van der Waals surface area contributed by atoms with Crippen molar-refractivity contribution in [2.75, 3.05) is 32.1 Å². The van der Waals surface area contributed by atoms with Gasteiger partial charge in [0.05, 0.1) is 41.1 Å². The summed E-state index contributed by atoms with van der Waals surface area (Å²) in [6.45, 7) is 3.68. The van der Waals surface area contributed by atoms with Crippen LogP contribution in [0.2, 0.25) is 10.0 Å². The number of amides is 1. The van der Waals surface area contributed by atoms with Gasteiger partial charge in [0.2, 0.25) is 5.88 Å². The zero-order chi connectivity index (χ0) is 32.5. The maximum absolute atomic E-state index is 12.9. The standard InChI is InChI=1S/C34H33Cl2N5O5/c1-4-46-34(44)20-14-16-41(18-20)27-12-11-19-17-26(39-32(45-3)28(19)27)23-9-5-7-21(29(23)35)22-8-6-10-25(30(22)36)38-31(42)24-13-15-37-40(2)33(24)43/h5-10,13,15,17,20,27H,4,11-12,14,16,18H2,1-3H3,(H,38,42)/t20-,27+/m0/s1. The Balaban J connectivity index is 1.30. The molecular weight excluding hydrogens is 629 g/mol. The average Bonchev–Trinajstić information content (AvgIpc) is 3.71. The lowest BCUT2D eigenvalue weighted by molar-refractivity contribution is -0.147. The maximum atomic E-state index is 12.9. The summed E-state index contributed by atoms with van der Waals surface area (Å²) in [5.74, 6) is -0.308. The molecule has 1 amide bonds. The normalized spacial score (nSPS) is 17.5. The molecule has 10 nitrogen and oxygen atoms in total. The Hall–Kier alpha value is -4.25. The third-order valence-corrected chi connectivity index (χ3v) is 9.48. The van der Waals surface area contributed by atoms with Gasteiger partial charge in [-0.1, -0.05) is 53.5 Å². The van der Waals surface area contributed by atoms with Crippen LogP contribution < -0.4 is 15.6 Å². The molecule has 2 atom stereocenters. The predicted octanol–water partition coefficient (Wildman–Crippen LogP) is 5.95. The molecule has 1 aliphatic carbocycles. The smallest absolute Gasteiger partial charge is 0.310 e. The molecule has 0 saturated carbocycles. The molecule has 2 aromatic heterocycles. The third-order valence-electron chi connectivity index (χ3n) is 8.67. The number of fused-ring (bicyclic) bond motifs is 1. The van der Waals surface area contributed by atoms with Crippen LogP contribution in [0.15, 0.2) is 59.5 Å². The molecule has 6 rings (SSSR count). The van der Waals surface area contributed by atoms with Crippen LogP contribution in [0, 0.1) is 5.92 Å². The summed E-state index contributed by atoms with van der Waals surface area (Å²) < 4.78 is 12.2. The van der Waals surface area contributed by atoms with Gasteiger partial charge in [-0.05, 0) is 56.5 Å². The maximum Gasteiger partial charge on any atom is 0.310 e. The van der Waals surface area contributed by atoms with Crippen molar-refractivity contribution in [2.45, 2.75) is 32.2 Å². The monoisotopic (exact) mass is 661 g/mol. The molecule has 46 heavy (non-hydrogen) atoms. The van der Waals surface area contributed by atoms with E-state index in [2.05, 4.69) is 21.4 Å². The van der Waals surface area contributed by atoms with Gasteiger partial charge in [-0.15, -0.1) is 0 Å². The number of aryl methyl sites for hydroxylation is 2. The number of benzene rings is 2. The number of rotatable bonds is 8. The number of pyridine rings is 1. The molecule has 0 spiro atoms. The molecule has 4 aromatic rings. The number of nitrogens with one attached hydrogen (secondary N) is 1. The molecule has 12 heteroatoms. The molecule has 1 N–H and O–H groups in total. The first-order valence-corrected chi connectivity index (χ1v) is 15.9. The molecule has 2 aliphatic rings. The van der Waals surface area contributed by atoms with Crippen LogP contribution in [-0.2, 0) is 23.0 Å². The van der Waals surface area contributed by atoms with Crippen molar-refractivity contribution in [1.82, 2.24) is 19.7 Å². The minimum absolute atomic E-state index is 0.0542. The first-order chi connectivity index (χ1) is 22.2. The number of halogens is 2. The lowest BCUT2D eigenvalue weighted by Gasteiger charge is -2.25. The van der Waals surface area contributed by atoms with Crippen LogP contribution in [0.5, 0.6) is 5.88 Å². The number of likely N-dealkylation sites (tertiary alicyclic amines) is 1. The second-order valence-corrected chi connectivity index (χ2v) is 12.1. The van der Waals surface area contributed by atoms with E-state index in [1.54, 1.807) is 19.2 Å². The van der Waals surface area contributed by atoms with Crippen LogP contribution in [0.1, 0.15) is 47.3 Å². The van der Waals surface area contributed by atoms with E-state index in [-0.39, 0.29) is 28.5 Å². The van der Waals surface area contributed by atoms with Crippen LogP contribution in [0.3, 0.4) is 0 Å². The zero-order valence-corrected chi connectivity index (χ0v) is 27.2. The number of aromatic nitrogens is 3. The van der Waals surface area contributed by atoms with Crippen molar-refractivity contribution < 1.29 is 19.1 Å².